The SMILES string of the molecule is CC(C)COC1C=CC(C#CCCO)=CC1. The maximum atomic E-state index is 8.60. The van der Waals surface area contributed by atoms with Crippen LogP contribution >= 0.6 is 0 Å². The van der Waals surface area contributed by atoms with Gasteiger partial charge in [0, 0.05) is 18.6 Å². The average Bonchev–Trinajstić information content (AvgIpc) is 2.28. The molecule has 1 aliphatic carbocycles. The van der Waals surface area contributed by atoms with Crippen LogP contribution in [-0.4, -0.2) is 24.4 Å². The Morgan fingerprint density at radius 1 is 1.56 bits per heavy atom. The number of allylic oxidation sites excluding steroid dienone is 2. The minimum absolute atomic E-state index is 0.129. The van der Waals surface area contributed by atoms with E-state index in [1.807, 2.05) is 6.08 Å². The molecule has 1 rings (SSSR count). The van der Waals surface area contributed by atoms with Gasteiger partial charge in [0.15, 0.2) is 0 Å². The lowest BCUT2D eigenvalue weighted by atomic mass is 10.1. The molecule has 1 aliphatic rings. The number of aliphatic hydroxyl groups is 1. The van der Waals surface area contributed by atoms with Crippen LogP contribution in [-0.2, 0) is 4.74 Å². The van der Waals surface area contributed by atoms with Crippen molar-refractivity contribution < 1.29 is 9.84 Å². The van der Waals surface area contributed by atoms with Crippen molar-refractivity contribution in [2.24, 2.45) is 5.92 Å². The van der Waals surface area contributed by atoms with Gasteiger partial charge in [-0.2, -0.15) is 0 Å². The third kappa shape index (κ3) is 5.16. The molecule has 0 aromatic rings. The van der Waals surface area contributed by atoms with Gasteiger partial charge >= 0.3 is 0 Å². The number of hydrogen-bond acceptors (Lipinski definition) is 2. The fraction of sp³-hybridized carbons (Fsp3) is 0.571. The molecule has 0 radical (unpaired) electrons. The molecule has 0 bridgehead atoms. The van der Waals surface area contributed by atoms with Gasteiger partial charge in [-0.25, -0.2) is 0 Å². The second kappa shape index (κ2) is 7.27. The second-order valence-corrected chi connectivity index (χ2v) is 4.30. The zero-order chi connectivity index (χ0) is 11.8. The van der Waals surface area contributed by atoms with Gasteiger partial charge in [-0.15, -0.1) is 0 Å². The van der Waals surface area contributed by atoms with Crippen molar-refractivity contribution in [2.45, 2.75) is 32.8 Å². The van der Waals surface area contributed by atoms with Crippen molar-refractivity contribution in [3.63, 3.8) is 0 Å². The van der Waals surface area contributed by atoms with E-state index in [1.54, 1.807) is 0 Å². The molecule has 1 atom stereocenters. The van der Waals surface area contributed by atoms with Crippen LogP contribution in [0.5, 0.6) is 0 Å². The van der Waals surface area contributed by atoms with Crippen molar-refractivity contribution in [3.05, 3.63) is 23.8 Å². The van der Waals surface area contributed by atoms with Crippen LogP contribution in [0.4, 0.5) is 0 Å². The molecule has 0 saturated carbocycles. The summed E-state index contributed by atoms with van der Waals surface area (Å²) in [7, 11) is 0. The summed E-state index contributed by atoms with van der Waals surface area (Å²) in [6.45, 7) is 5.22. The van der Waals surface area contributed by atoms with Crippen LogP contribution in [0.2, 0.25) is 0 Å². The molecule has 0 aromatic heterocycles. The summed E-state index contributed by atoms with van der Waals surface area (Å²) in [5.41, 5.74) is 1.03. The molecule has 0 saturated heterocycles. The summed E-state index contributed by atoms with van der Waals surface area (Å²) in [5.74, 6) is 6.50. The van der Waals surface area contributed by atoms with Gasteiger partial charge in [0.1, 0.15) is 0 Å². The molecule has 0 aliphatic heterocycles. The van der Waals surface area contributed by atoms with E-state index in [0.717, 1.165) is 18.6 Å². The lowest BCUT2D eigenvalue weighted by Crippen LogP contribution is -2.14. The summed E-state index contributed by atoms with van der Waals surface area (Å²) >= 11 is 0. The van der Waals surface area contributed by atoms with E-state index < -0.39 is 0 Å². The number of hydrogen-bond donors (Lipinski definition) is 1. The van der Waals surface area contributed by atoms with Crippen LogP contribution < -0.4 is 0 Å². The molecule has 2 heteroatoms. The Hall–Kier alpha value is -1.04. The van der Waals surface area contributed by atoms with Crippen LogP contribution in [0, 0.1) is 17.8 Å². The predicted molar refractivity (Wildman–Crippen MR) is 65.9 cm³/mol. The van der Waals surface area contributed by atoms with E-state index >= 15 is 0 Å². The smallest absolute Gasteiger partial charge is 0.0794 e. The molecule has 0 amide bonds. The van der Waals surface area contributed by atoms with E-state index in [0.29, 0.717) is 12.3 Å². The van der Waals surface area contributed by atoms with Crippen molar-refractivity contribution in [1.29, 1.82) is 0 Å². The van der Waals surface area contributed by atoms with Gasteiger partial charge in [-0.1, -0.05) is 37.8 Å². The molecule has 0 spiro atoms. The fourth-order valence-corrected chi connectivity index (χ4v) is 1.35. The molecule has 0 aromatic carbocycles. The Bertz CT molecular complexity index is 315. The lowest BCUT2D eigenvalue weighted by Gasteiger charge is -2.16. The average molecular weight is 220 g/mol. The molecule has 16 heavy (non-hydrogen) atoms. The lowest BCUT2D eigenvalue weighted by molar-refractivity contribution is 0.0662. The molecule has 0 heterocycles. The van der Waals surface area contributed by atoms with Gasteiger partial charge in [-0.05, 0) is 18.4 Å². The highest BCUT2D eigenvalue weighted by Crippen LogP contribution is 2.13. The first kappa shape index (κ1) is 13.0. The molecule has 88 valence electrons. The second-order valence-electron chi connectivity index (χ2n) is 4.30. The highest BCUT2D eigenvalue weighted by Gasteiger charge is 2.08. The van der Waals surface area contributed by atoms with E-state index in [1.165, 1.54) is 0 Å². The van der Waals surface area contributed by atoms with Gasteiger partial charge in [0.25, 0.3) is 0 Å². The van der Waals surface area contributed by atoms with Crippen LogP contribution in [0.25, 0.3) is 0 Å². The molecule has 2 nitrogen and oxygen atoms in total. The number of ether oxygens (including phenoxy) is 1. The number of aliphatic hydroxyl groups excluding tert-OH is 1. The molecular formula is C14H20O2. The van der Waals surface area contributed by atoms with Crippen LogP contribution in [0.1, 0.15) is 26.7 Å². The first-order chi connectivity index (χ1) is 7.72. The van der Waals surface area contributed by atoms with E-state index in [-0.39, 0.29) is 12.7 Å². The Kier molecular flexibility index (Phi) is 5.92. The van der Waals surface area contributed by atoms with Crippen molar-refractivity contribution in [2.75, 3.05) is 13.2 Å². The largest absolute Gasteiger partial charge is 0.395 e. The normalized spacial score (nSPS) is 19.2. The summed E-state index contributed by atoms with van der Waals surface area (Å²) in [4.78, 5) is 0. The standard InChI is InChI=1S/C14H20O2/c1-12(2)11-16-14-8-6-13(7-9-14)5-3-4-10-15/h6-8,12,14-15H,4,9-11H2,1-2H3. The molecule has 1 unspecified atom stereocenters. The van der Waals surface area contributed by atoms with Gasteiger partial charge in [0.2, 0.25) is 0 Å². The third-order valence-corrected chi connectivity index (χ3v) is 2.17. The summed E-state index contributed by atoms with van der Waals surface area (Å²) in [5, 5.41) is 8.60. The Morgan fingerprint density at radius 2 is 2.38 bits per heavy atom. The monoisotopic (exact) mass is 220 g/mol. The molecule has 1 N–H and O–H groups in total. The van der Waals surface area contributed by atoms with Crippen molar-refractivity contribution in [3.8, 4) is 11.8 Å². The molecular weight excluding hydrogens is 200 g/mol. The Morgan fingerprint density at radius 3 is 2.94 bits per heavy atom. The minimum atomic E-state index is 0.129. The topological polar surface area (TPSA) is 29.5 Å². The Labute approximate surface area is 98.0 Å². The highest BCUT2D eigenvalue weighted by atomic mass is 16.5. The van der Waals surface area contributed by atoms with Crippen molar-refractivity contribution in [1.82, 2.24) is 0 Å². The highest BCUT2D eigenvalue weighted by molar-refractivity contribution is 5.40. The number of rotatable bonds is 4. The van der Waals surface area contributed by atoms with Crippen LogP contribution in [0.15, 0.2) is 23.8 Å². The fourth-order valence-electron chi connectivity index (χ4n) is 1.35. The summed E-state index contributed by atoms with van der Waals surface area (Å²) in [6.07, 6.45) is 7.79. The quantitative estimate of drug-likeness (QED) is 0.737. The van der Waals surface area contributed by atoms with Gasteiger partial charge in [0.05, 0.1) is 12.7 Å². The molecule has 0 fully saturated rings. The van der Waals surface area contributed by atoms with Gasteiger partial charge in [-0.3, -0.25) is 0 Å². The van der Waals surface area contributed by atoms with E-state index in [2.05, 4.69) is 37.8 Å². The Balaban J connectivity index is 2.33. The van der Waals surface area contributed by atoms with Gasteiger partial charge < -0.3 is 9.84 Å². The summed E-state index contributed by atoms with van der Waals surface area (Å²) in [6, 6.07) is 0. The predicted octanol–water partition coefficient (Wildman–Crippen LogP) is 2.30. The maximum absolute atomic E-state index is 8.60. The van der Waals surface area contributed by atoms with Crippen LogP contribution in [0.3, 0.4) is 0 Å². The zero-order valence-corrected chi connectivity index (χ0v) is 10.1. The zero-order valence-electron chi connectivity index (χ0n) is 10.1. The van der Waals surface area contributed by atoms with E-state index in [4.69, 9.17) is 9.84 Å². The maximum Gasteiger partial charge on any atom is 0.0794 e. The van der Waals surface area contributed by atoms with E-state index in [9.17, 15) is 0 Å². The summed E-state index contributed by atoms with van der Waals surface area (Å²) < 4.78 is 5.70. The first-order valence-corrected chi connectivity index (χ1v) is 5.82. The van der Waals surface area contributed by atoms with Crippen molar-refractivity contribution >= 4 is 0 Å². The minimum Gasteiger partial charge on any atom is -0.395 e. The third-order valence-electron chi connectivity index (χ3n) is 2.17. The first-order valence-electron chi connectivity index (χ1n) is 5.82.